The van der Waals surface area contributed by atoms with E-state index in [0.29, 0.717) is 13.2 Å². The van der Waals surface area contributed by atoms with E-state index in [1.165, 1.54) is 0 Å². The Morgan fingerprint density at radius 1 is 1.55 bits per heavy atom. The molecule has 1 heterocycles. The Morgan fingerprint density at radius 3 is 2.55 bits per heavy atom. The molecule has 1 aliphatic rings. The van der Waals surface area contributed by atoms with Crippen LogP contribution in [0.25, 0.3) is 0 Å². The van der Waals surface area contributed by atoms with Crippen LogP contribution < -0.4 is 0 Å². The van der Waals surface area contributed by atoms with Gasteiger partial charge in [-0.3, -0.25) is 0 Å². The summed E-state index contributed by atoms with van der Waals surface area (Å²) in [6, 6.07) is 0. The third-order valence-corrected chi connectivity index (χ3v) is 1.51. The lowest BCUT2D eigenvalue weighted by molar-refractivity contribution is -0.0101. The second kappa shape index (κ2) is 6.58. The minimum Gasteiger partial charge on any atom is -0.390 e. The van der Waals surface area contributed by atoms with E-state index in [4.69, 9.17) is 14.6 Å². The molecule has 3 heteroatoms. The van der Waals surface area contributed by atoms with Crippen molar-refractivity contribution in [2.75, 3.05) is 20.3 Å². The Balaban J connectivity index is 0.000000461. The number of rotatable bonds is 2. The SMILES string of the molecule is CC.COCC1OCCC1O. The topological polar surface area (TPSA) is 38.7 Å². The molecule has 0 aromatic carbocycles. The molecule has 1 aliphatic heterocycles. The first-order valence-electron chi connectivity index (χ1n) is 4.13. The van der Waals surface area contributed by atoms with Crippen molar-refractivity contribution in [1.29, 1.82) is 0 Å². The quantitative estimate of drug-likeness (QED) is 0.653. The summed E-state index contributed by atoms with van der Waals surface area (Å²) in [5.41, 5.74) is 0. The number of aliphatic hydroxyl groups excluding tert-OH is 1. The zero-order valence-electron chi connectivity index (χ0n) is 7.54. The molecule has 0 aromatic heterocycles. The first-order valence-corrected chi connectivity index (χ1v) is 4.13. The molecule has 0 spiro atoms. The second-order valence-corrected chi connectivity index (χ2v) is 2.22. The molecule has 0 radical (unpaired) electrons. The van der Waals surface area contributed by atoms with Gasteiger partial charge in [-0.2, -0.15) is 0 Å². The average Bonchev–Trinajstić information content (AvgIpc) is 2.42. The maximum absolute atomic E-state index is 9.12. The van der Waals surface area contributed by atoms with E-state index < -0.39 is 0 Å². The predicted molar refractivity (Wildman–Crippen MR) is 43.6 cm³/mol. The highest BCUT2D eigenvalue weighted by Crippen LogP contribution is 2.12. The van der Waals surface area contributed by atoms with Crippen molar-refractivity contribution >= 4 is 0 Å². The van der Waals surface area contributed by atoms with E-state index in [2.05, 4.69) is 0 Å². The third-order valence-electron chi connectivity index (χ3n) is 1.51. The van der Waals surface area contributed by atoms with Crippen LogP contribution in [0, 0.1) is 0 Å². The molecule has 1 saturated heterocycles. The second-order valence-electron chi connectivity index (χ2n) is 2.22. The molecule has 1 fully saturated rings. The third kappa shape index (κ3) is 3.70. The van der Waals surface area contributed by atoms with Gasteiger partial charge < -0.3 is 14.6 Å². The van der Waals surface area contributed by atoms with Gasteiger partial charge >= 0.3 is 0 Å². The largest absolute Gasteiger partial charge is 0.390 e. The molecular weight excluding hydrogens is 144 g/mol. The summed E-state index contributed by atoms with van der Waals surface area (Å²) < 4.78 is 9.94. The highest BCUT2D eigenvalue weighted by Gasteiger charge is 2.25. The van der Waals surface area contributed by atoms with Crippen LogP contribution in [0.4, 0.5) is 0 Å². The minimum atomic E-state index is -0.315. The monoisotopic (exact) mass is 162 g/mol. The van der Waals surface area contributed by atoms with Gasteiger partial charge in [0, 0.05) is 13.7 Å². The summed E-state index contributed by atoms with van der Waals surface area (Å²) in [5.74, 6) is 0. The van der Waals surface area contributed by atoms with Crippen molar-refractivity contribution in [1.82, 2.24) is 0 Å². The Kier molecular flexibility index (Phi) is 6.51. The first kappa shape index (κ1) is 10.9. The number of hydrogen-bond donors (Lipinski definition) is 1. The average molecular weight is 162 g/mol. The highest BCUT2D eigenvalue weighted by molar-refractivity contribution is 4.73. The first-order chi connectivity index (χ1) is 5.34. The number of methoxy groups -OCH3 is 1. The van der Waals surface area contributed by atoms with Gasteiger partial charge in [0.25, 0.3) is 0 Å². The Hall–Kier alpha value is -0.120. The number of ether oxygens (including phenoxy) is 2. The van der Waals surface area contributed by atoms with Crippen LogP contribution in [0.3, 0.4) is 0 Å². The van der Waals surface area contributed by atoms with Gasteiger partial charge in [0.05, 0.1) is 12.7 Å². The molecule has 0 amide bonds. The lowest BCUT2D eigenvalue weighted by Crippen LogP contribution is -2.25. The highest BCUT2D eigenvalue weighted by atomic mass is 16.5. The lowest BCUT2D eigenvalue weighted by Gasteiger charge is -2.10. The van der Waals surface area contributed by atoms with Crippen molar-refractivity contribution < 1.29 is 14.6 Å². The summed E-state index contributed by atoms with van der Waals surface area (Å²) in [6.07, 6.45) is 0.341. The van der Waals surface area contributed by atoms with Crippen molar-refractivity contribution in [2.45, 2.75) is 32.5 Å². The summed E-state index contributed by atoms with van der Waals surface area (Å²) in [7, 11) is 1.61. The van der Waals surface area contributed by atoms with E-state index in [0.717, 1.165) is 6.42 Å². The fourth-order valence-corrected chi connectivity index (χ4v) is 0.961. The predicted octanol–water partition coefficient (Wildman–Crippen LogP) is 0.809. The Bertz CT molecular complexity index is 85.4. The van der Waals surface area contributed by atoms with Crippen LogP contribution in [-0.4, -0.2) is 37.6 Å². The fourth-order valence-electron chi connectivity index (χ4n) is 0.961. The van der Waals surface area contributed by atoms with Gasteiger partial charge in [0.1, 0.15) is 6.10 Å². The van der Waals surface area contributed by atoms with E-state index >= 15 is 0 Å². The molecule has 0 bridgehead atoms. The number of hydrogen-bond acceptors (Lipinski definition) is 3. The van der Waals surface area contributed by atoms with Gasteiger partial charge in [-0.05, 0) is 6.42 Å². The van der Waals surface area contributed by atoms with Crippen molar-refractivity contribution in [2.24, 2.45) is 0 Å². The molecule has 0 aromatic rings. The molecule has 2 atom stereocenters. The lowest BCUT2D eigenvalue weighted by atomic mass is 10.2. The standard InChI is InChI=1S/C6H12O3.C2H6/c1-8-4-6-5(7)2-3-9-6;1-2/h5-7H,2-4H2,1H3;1-2H3. The molecule has 0 aliphatic carbocycles. The maximum atomic E-state index is 9.12. The van der Waals surface area contributed by atoms with Crippen LogP contribution >= 0.6 is 0 Å². The summed E-state index contributed by atoms with van der Waals surface area (Å²) in [6.45, 7) is 5.16. The number of aliphatic hydroxyl groups is 1. The normalized spacial score (nSPS) is 29.5. The summed E-state index contributed by atoms with van der Waals surface area (Å²) >= 11 is 0. The molecule has 1 rings (SSSR count). The zero-order valence-corrected chi connectivity index (χ0v) is 7.54. The van der Waals surface area contributed by atoms with E-state index in [1.807, 2.05) is 13.8 Å². The van der Waals surface area contributed by atoms with Crippen molar-refractivity contribution in [3.8, 4) is 0 Å². The van der Waals surface area contributed by atoms with Gasteiger partial charge in [-0.15, -0.1) is 0 Å². The summed E-state index contributed by atoms with van der Waals surface area (Å²) in [4.78, 5) is 0. The van der Waals surface area contributed by atoms with Crippen LogP contribution in [-0.2, 0) is 9.47 Å². The van der Waals surface area contributed by atoms with Crippen LogP contribution in [0.1, 0.15) is 20.3 Å². The van der Waals surface area contributed by atoms with E-state index in [-0.39, 0.29) is 12.2 Å². The molecule has 68 valence electrons. The van der Waals surface area contributed by atoms with Crippen LogP contribution in [0.15, 0.2) is 0 Å². The van der Waals surface area contributed by atoms with Crippen LogP contribution in [0.5, 0.6) is 0 Å². The molecular formula is C8H18O3. The molecule has 3 nitrogen and oxygen atoms in total. The molecule has 0 saturated carbocycles. The smallest absolute Gasteiger partial charge is 0.107 e. The minimum absolute atomic E-state index is 0.0880. The van der Waals surface area contributed by atoms with E-state index in [1.54, 1.807) is 7.11 Å². The molecule has 11 heavy (non-hydrogen) atoms. The van der Waals surface area contributed by atoms with Gasteiger partial charge in [0.2, 0.25) is 0 Å². The van der Waals surface area contributed by atoms with Gasteiger partial charge in [0.15, 0.2) is 0 Å². The summed E-state index contributed by atoms with van der Waals surface area (Å²) in [5, 5.41) is 9.12. The fraction of sp³-hybridized carbons (Fsp3) is 1.00. The van der Waals surface area contributed by atoms with Crippen molar-refractivity contribution in [3.63, 3.8) is 0 Å². The maximum Gasteiger partial charge on any atom is 0.107 e. The Morgan fingerprint density at radius 2 is 2.18 bits per heavy atom. The van der Waals surface area contributed by atoms with Crippen LogP contribution in [0.2, 0.25) is 0 Å². The zero-order chi connectivity index (χ0) is 8.69. The molecule has 1 N–H and O–H groups in total. The van der Waals surface area contributed by atoms with Gasteiger partial charge in [-0.25, -0.2) is 0 Å². The van der Waals surface area contributed by atoms with Crippen molar-refractivity contribution in [3.05, 3.63) is 0 Å². The molecule has 2 unspecified atom stereocenters. The Labute approximate surface area is 68.3 Å². The van der Waals surface area contributed by atoms with Gasteiger partial charge in [-0.1, -0.05) is 13.8 Å². The van der Waals surface area contributed by atoms with E-state index in [9.17, 15) is 0 Å².